The molecule has 0 aromatic heterocycles. The van der Waals surface area contributed by atoms with E-state index in [1.165, 1.54) is 24.3 Å². The van der Waals surface area contributed by atoms with Crippen LogP contribution in [0.5, 0.6) is 5.75 Å². The van der Waals surface area contributed by atoms with Crippen LogP contribution in [0.2, 0.25) is 0 Å². The van der Waals surface area contributed by atoms with E-state index in [0.29, 0.717) is 0 Å². The summed E-state index contributed by atoms with van der Waals surface area (Å²) in [7, 11) is 0. The molecule has 2 unspecified atom stereocenters. The first-order valence-electron chi connectivity index (χ1n) is 14.4. The van der Waals surface area contributed by atoms with E-state index in [4.69, 9.17) is 10.5 Å². The Kier molecular flexibility index (Phi) is 13.9. The number of urea groups is 1. The van der Waals surface area contributed by atoms with E-state index in [1.807, 2.05) is 0 Å². The van der Waals surface area contributed by atoms with Gasteiger partial charge in [0, 0.05) is 12.2 Å². The number of nitrogens with two attached hydrogens (primary N) is 1. The van der Waals surface area contributed by atoms with Crippen molar-refractivity contribution in [1.29, 1.82) is 0 Å². The van der Waals surface area contributed by atoms with Gasteiger partial charge >= 0.3 is 18.3 Å². The lowest BCUT2D eigenvalue weighted by molar-refractivity contribution is -0.128. The molecule has 0 spiro atoms. The van der Waals surface area contributed by atoms with Crippen LogP contribution in [0.3, 0.4) is 0 Å². The molecule has 48 heavy (non-hydrogen) atoms. The van der Waals surface area contributed by atoms with Gasteiger partial charge in [0.2, 0.25) is 46.6 Å². The highest BCUT2D eigenvalue weighted by atomic mass is 19.2. The van der Waals surface area contributed by atoms with Crippen LogP contribution in [-0.4, -0.2) is 54.3 Å². The fraction of sp³-hybridized carbons (Fsp3) is 0.433. The first-order valence-corrected chi connectivity index (χ1v) is 14.4. The van der Waals surface area contributed by atoms with Gasteiger partial charge in [0.1, 0.15) is 24.3 Å². The van der Waals surface area contributed by atoms with Crippen molar-refractivity contribution >= 4 is 35.8 Å². The summed E-state index contributed by atoms with van der Waals surface area (Å²) in [6.45, 7) is 7.85. The quantitative estimate of drug-likeness (QED) is 0.0507. The summed E-state index contributed by atoms with van der Waals surface area (Å²) in [5.74, 6) is -15.3. The number of hydrogen-bond acceptors (Lipinski definition) is 8. The van der Waals surface area contributed by atoms with E-state index in [-0.39, 0.29) is 30.6 Å². The highest BCUT2D eigenvalue weighted by Crippen LogP contribution is 2.29. The number of carbonyl (C=O) groups excluding carboxylic acids is 5. The molecule has 0 aliphatic heterocycles. The molecule has 6 N–H and O–H groups in total. The lowest BCUT2D eigenvalue weighted by Crippen LogP contribution is -2.55. The Hall–Kier alpha value is -5.16. The Morgan fingerprint density at radius 1 is 0.833 bits per heavy atom. The Morgan fingerprint density at radius 2 is 1.40 bits per heavy atom. The summed E-state index contributed by atoms with van der Waals surface area (Å²) in [6, 6.07) is 2.49. The van der Waals surface area contributed by atoms with Gasteiger partial charge in [-0.15, -0.1) is 0 Å². The fourth-order valence-electron chi connectivity index (χ4n) is 3.86. The van der Waals surface area contributed by atoms with Crippen molar-refractivity contribution in [2.24, 2.45) is 11.7 Å². The summed E-state index contributed by atoms with van der Waals surface area (Å²) in [6.07, 6.45) is -2.32. The van der Waals surface area contributed by atoms with E-state index in [2.05, 4.69) is 30.7 Å². The van der Waals surface area contributed by atoms with Crippen molar-refractivity contribution < 1.29 is 60.1 Å². The highest BCUT2D eigenvalue weighted by molar-refractivity contribution is 5.98. The largest absolute Gasteiger partial charge is 0.514 e. The molecule has 13 nitrogen and oxygen atoms in total. The third-order valence-electron chi connectivity index (χ3n) is 6.16. The van der Waals surface area contributed by atoms with Gasteiger partial charge in [0.15, 0.2) is 0 Å². The molecule has 264 valence electrons. The monoisotopic (exact) mass is 689 g/mol. The average Bonchev–Trinajstić information content (AvgIpc) is 2.99. The van der Waals surface area contributed by atoms with Gasteiger partial charge in [0.05, 0.1) is 0 Å². The van der Waals surface area contributed by atoms with Gasteiger partial charge in [-0.3, -0.25) is 9.59 Å². The number of halogens is 5. The number of ether oxygens (including phenoxy) is 3. The second-order valence-corrected chi connectivity index (χ2v) is 11.6. The molecule has 2 rings (SSSR count). The third-order valence-corrected chi connectivity index (χ3v) is 6.16. The van der Waals surface area contributed by atoms with Crippen LogP contribution >= 0.6 is 0 Å². The molecule has 0 bridgehead atoms. The van der Waals surface area contributed by atoms with Gasteiger partial charge < -0.3 is 41.2 Å². The van der Waals surface area contributed by atoms with Crippen LogP contribution in [0.25, 0.3) is 0 Å². The number of alkyl carbamates (subject to hydrolysis) is 1. The van der Waals surface area contributed by atoms with Crippen LogP contribution in [0, 0.1) is 35.0 Å². The molecule has 5 amide bonds. The number of amides is 5. The molecule has 2 aromatic carbocycles. The standard InChI is InChI=1S/C30H36F5N5O8/c1-14(2)23(40-28(44)48-30(3,4)5)26(42)39-17(7-6-12-37-27(36)43)25(41)38-16-10-8-15(9-11-16)13-46-29(45)47-24-21(34)19(32)18(31)20(33)22(24)35/h8-11,14,17,23H,6-7,12-13H2,1-5H3,(H,38,41)(H,39,42)(H,40,44)(H3,36,37,43). The number of benzene rings is 2. The van der Waals surface area contributed by atoms with Crippen molar-refractivity contribution in [3.05, 3.63) is 58.9 Å². The Morgan fingerprint density at radius 3 is 1.92 bits per heavy atom. The molecule has 0 heterocycles. The van der Waals surface area contributed by atoms with Crippen LogP contribution in [0.1, 0.15) is 53.0 Å². The number of rotatable bonds is 13. The van der Waals surface area contributed by atoms with Crippen LogP contribution in [-0.2, 0) is 25.7 Å². The summed E-state index contributed by atoms with van der Waals surface area (Å²) in [5, 5.41) is 10.1. The van der Waals surface area contributed by atoms with E-state index in [9.17, 15) is 45.9 Å². The maximum absolute atomic E-state index is 13.7. The summed E-state index contributed by atoms with van der Waals surface area (Å²) >= 11 is 0. The van der Waals surface area contributed by atoms with E-state index in [1.54, 1.807) is 34.6 Å². The normalized spacial score (nSPS) is 12.4. The summed E-state index contributed by atoms with van der Waals surface area (Å²) in [5.41, 5.74) is 4.72. The van der Waals surface area contributed by atoms with Crippen molar-refractivity contribution in [2.45, 2.75) is 71.8 Å². The Balaban J connectivity index is 2.08. The molecule has 0 radical (unpaired) electrons. The Bertz CT molecular complexity index is 1470. The lowest BCUT2D eigenvalue weighted by atomic mass is 10.0. The minimum atomic E-state index is -2.43. The zero-order valence-electron chi connectivity index (χ0n) is 26.6. The van der Waals surface area contributed by atoms with Crippen LogP contribution in [0.4, 0.5) is 42.0 Å². The fourth-order valence-corrected chi connectivity index (χ4v) is 3.86. The molecule has 18 heteroatoms. The zero-order valence-corrected chi connectivity index (χ0v) is 26.6. The molecular formula is C30H36F5N5O8. The maximum Gasteiger partial charge on any atom is 0.514 e. The summed E-state index contributed by atoms with van der Waals surface area (Å²) < 4.78 is 81.4. The first kappa shape index (κ1) is 39.0. The molecule has 0 aliphatic carbocycles. The molecule has 2 aromatic rings. The number of carbonyl (C=O) groups is 5. The smallest absolute Gasteiger partial charge is 0.444 e. The minimum absolute atomic E-state index is 0.0478. The van der Waals surface area contributed by atoms with Crippen molar-refractivity contribution in [1.82, 2.24) is 16.0 Å². The van der Waals surface area contributed by atoms with Crippen LogP contribution in [0.15, 0.2) is 24.3 Å². The molecule has 0 saturated carbocycles. The topological polar surface area (TPSA) is 187 Å². The predicted octanol–water partition coefficient (Wildman–Crippen LogP) is 4.52. The van der Waals surface area contributed by atoms with Crippen molar-refractivity contribution in [2.75, 3.05) is 11.9 Å². The van der Waals surface area contributed by atoms with Gasteiger partial charge in [0.25, 0.3) is 0 Å². The van der Waals surface area contributed by atoms with Crippen molar-refractivity contribution in [3.8, 4) is 5.75 Å². The Labute approximate surface area is 272 Å². The first-order chi connectivity index (χ1) is 22.3. The van der Waals surface area contributed by atoms with Gasteiger partial charge in [-0.1, -0.05) is 26.0 Å². The van der Waals surface area contributed by atoms with Crippen LogP contribution < -0.4 is 31.7 Å². The summed E-state index contributed by atoms with van der Waals surface area (Å²) in [4.78, 5) is 61.6. The second kappa shape index (κ2) is 17.1. The minimum Gasteiger partial charge on any atom is -0.444 e. The molecule has 0 saturated heterocycles. The van der Waals surface area contributed by atoms with Crippen molar-refractivity contribution in [3.63, 3.8) is 0 Å². The average molecular weight is 690 g/mol. The third kappa shape index (κ3) is 11.9. The van der Waals surface area contributed by atoms with Gasteiger partial charge in [-0.05, 0) is 57.2 Å². The molecule has 2 atom stereocenters. The molecule has 0 aliphatic rings. The van der Waals surface area contributed by atoms with E-state index < -0.39 is 95.1 Å². The lowest BCUT2D eigenvalue weighted by Gasteiger charge is -2.27. The number of nitrogens with one attached hydrogen (secondary N) is 4. The number of hydrogen-bond donors (Lipinski definition) is 5. The zero-order chi connectivity index (χ0) is 36.3. The van der Waals surface area contributed by atoms with Gasteiger partial charge in [-0.25, -0.2) is 27.6 Å². The van der Waals surface area contributed by atoms with E-state index >= 15 is 0 Å². The SMILES string of the molecule is CC(C)C(NC(=O)OC(C)(C)C)C(=O)NC(CCCNC(N)=O)C(=O)Nc1ccc(COC(=O)Oc2c(F)c(F)c(F)c(F)c2F)cc1. The molecule has 0 fully saturated rings. The van der Waals surface area contributed by atoms with E-state index in [0.717, 1.165) is 0 Å². The number of primary amides is 1. The number of anilines is 1. The van der Waals surface area contributed by atoms with Gasteiger partial charge in [-0.2, -0.15) is 8.78 Å². The highest BCUT2D eigenvalue weighted by Gasteiger charge is 2.31. The molecular weight excluding hydrogens is 653 g/mol. The second-order valence-electron chi connectivity index (χ2n) is 11.6. The predicted molar refractivity (Wildman–Crippen MR) is 159 cm³/mol. The maximum atomic E-state index is 13.7.